The molecule has 2 heterocycles. The summed E-state index contributed by atoms with van der Waals surface area (Å²) in [6, 6.07) is 5.21. The van der Waals surface area contributed by atoms with Crippen LogP contribution in [0.3, 0.4) is 0 Å². The number of carbonyl (C=O) groups excluding carboxylic acids is 2. The van der Waals surface area contributed by atoms with Crippen molar-refractivity contribution in [2.45, 2.75) is 32.7 Å². The second-order valence-corrected chi connectivity index (χ2v) is 6.93. The molecule has 7 nitrogen and oxygen atoms in total. The van der Waals surface area contributed by atoms with E-state index in [4.69, 9.17) is 9.47 Å². The Hall–Kier alpha value is -2.83. The monoisotopic (exact) mass is 385 g/mol. The Kier molecular flexibility index (Phi) is 6.34. The summed E-state index contributed by atoms with van der Waals surface area (Å²) in [7, 11) is 3.11. The molecule has 0 N–H and O–H groups in total. The van der Waals surface area contributed by atoms with Gasteiger partial charge in [-0.25, -0.2) is 4.98 Å². The van der Waals surface area contributed by atoms with Crippen molar-refractivity contribution < 1.29 is 19.1 Å². The van der Waals surface area contributed by atoms with E-state index < -0.39 is 0 Å². The summed E-state index contributed by atoms with van der Waals surface area (Å²) >= 11 is 0. The summed E-state index contributed by atoms with van der Waals surface area (Å²) in [5, 5.41) is 0. The number of Topliss-reactive ketones (excluding diaryl/α,β-unsaturated/α-hetero) is 1. The van der Waals surface area contributed by atoms with Crippen LogP contribution in [0.1, 0.15) is 35.9 Å². The van der Waals surface area contributed by atoms with Crippen molar-refractivity contribution in [1.82, 2.24) is 14.5 Å². The molecule has 0 saturated carbocycles. The highest BCUT2D eigenvalue weighted by Gasteiger charge is 2.30. The van der Waals surface area contributed by atoms with E-state index in [1.807, 2.05) is 17.7 Å². The van der Waals surface area contributed by atoms with Crippen LogP contribution in [0.4, 0.5) is 0 Å². The van der Waals surface area contributed by atoms with Crippen molar-refractivity contribution in [2.75, 3.05) is 27.3 Å². The van der Waals surface area contributed by atoms with Gasteiger partial charge in [0.15, 0.2) is 5.78 Å². The summed E-state index contributed by atoms with van der Waals surface area (Å²) in [5.41, 5.74) is 0.533. The molecule has 0 unspecified atom stereocenters. The van der Waals surface area contributed by atoms with E-state index in [9.17, 15) is 9.59 Å². The lowest BCUT2D eigenvalue weighted by molar-refractivity contribution is -0.133. The molecular weight excluding hydrogens is 358 g/mol. The Morgan fingerprint density at radius 2 is 2.07 bits per heavy atom. The molecule has 1 aromatic carbocycles. The molecule has 1 amide bonds. The number of likely N-dealkylation sites (tertiary alicyclic amines) is 1. The average Bonchev–Trinajstić information content (AvgIpc) is 3.19. The number of hydrogen-bond donors (Lipinski definition) is 0. The Labute approximate surface area is 165 Å². The van der Waals surface area contributed by atoms with Crippen molar-refractivity contribution in [3.8, 4) is 11.5 Å². The number of hydrogen-bond acceptors (Lipinski definition) is 5. The van der Waals surface area contributed by atoms with Crippen LogP contribution >= 0.6 is 0 Å². The van der Waals surface area contributed by atoms with Gasteiger partial charge in [-0.2, -0.15) is 0 Å². The van der Waals surface area contributed by atoms with Crippen molar-refractivity contribution in [3.63, 3.8) is 0 Å². The number of methoxy groups -OCH3 is 2. The fourth-order valence-electron chi connectivity index (χ4n) is 3.68. The quantitative estimate of drug-likeness (QED) is 0.685. The van der Waals surface area contributed by atoms with Gasteiger partial charge in [0.05, 0.1) is 19.8 Å². The van der Waals surface area contributed by atoms with Crippen LogP contribution in [0, 0.1) is 5.92 Å². The summed E-state index contributed by atoms with van der Waals surface area (Å²) in [6.45, 7) is 3.39. The molecule has 150 valence electrons. The topological polar surface area (TPSA) is 73.7 Å². The number of ketones is 1. The van der Waals surface area contributed by atoms with Crippen molar-refractivity contribution in [1.29, 1.82) is 0 Å². The molecule has 28 heavy (non-hydrogen) atoms. The predicted octanol–water partition coefficient (Wildman–Crippen LogP) is 2.58. The van der Waals surface area contributed by atoms with Crippen molar-refractivity contribution in [2.24, 2.45) is 5.92 Å². The standard InChI is InChI=1S/C21H27N3O4/c1-4-19-22-9-11-23(19)14-20(25)24-10-5-6-15(13-24)21(26)17-8-7-16(27-2)12-18(17)28-3/h7-9,11-12,15H,4-6,10,13-14H2,1-3H3/t15-/m0/s1. The molecule has 0 aliphatic carbocycles. The summed E-state index contributed by atoms with van der Waals surface area (Å²) < 4.78 is 12.5. The molecule has 7 heteroatoms. The molecule has 1 saturated heterocycles. The number of imidazole rings is 1. The SMILES string of the molecule is CCc1nccn1CC(=O)N1CCC[C@H](C(=O)c2ccc(OC)cc2OC)C1. The van der Waals surface area contributed by atoms with Crippen LogP contribution in [0.5, 0.6) is 11.5 Å². The van der Waals surface area contributed by atoms with E-state index in [0.717, 1.165) is 25.1 Å². The van der Waals surface area contributed by atoms with E-state index in [1.165, 1.54) is 0 Å². The third-order valence-corrected chi connectivity index (χ3v) is 5.24. The van der Waals surface area contributed by atoms with Gasteiger partial charge in [-0.15, -0.1) is 0 Å². The molecule has 1 atom stereocenters. The first kappa shape index (κ1) is 19.9. The minimum Gasteiger partial charge on any atom is -0.497 e. The van der Waals surface area contributed by atoms with Gasteiger partial charge < -0.3 is 18.9 Å². The molecule has 1 aliphatic heterocycles. The van der Waals surface area contributed by atoms with Crippen molar-refractivity contribution in [3.05, 3.63) is 42.0 Å². The first-order valence-corrected chi connectivity index (χ1v) is 9.61. The van der Waals surface area contributed by atoms with Gasteiger partial charge in [-0.3, -0.25) is 9.59 Å². The van der Waals surface area contributed by atoms with Crippen LogP contribution in [-0.2, 0) is 17.8 Å². The zero-order valence-electron chi connectivity index (χ0n) is 16.7. The maximum absolute atomic E-state index is 13.1. The third-order valence-electron chi connectivity index (χ3n) is 5.24. The number of benzene rings is 1. The largest absolute Gasteiger partial charge is 0.497 e. The molecule has 1 fully saturated rings. The molecule has 3 rings (SSSR count). The molecule has 0 radical (unpaired) electrons. The van der Waals surface area contributed by atoms with Gasteiger partial charge in [0.1, 0.15) is 23.9 Å². The zero-order valence-corrected chi connectivity index (χ0v) is 16.7. The molecule has 1 aromatic heterocycles. The number of aryl methyl sites for hydroxylation is 1. The molecule has 0 spiro atoms. The highest BCUT2D eigenvalue weighted by molar-refractivity contribution is 6.01. The van der Waals surface area contributed by atoms with Gasteiger partial charge in [-0.05, 0) is 25.0 Å². The van der Waals surface area contributed by atoms with Gasteiger partial charge in [0, 0.05) is 43.9 Å². The summed E-state index contributed by atoms with van der Waals surface area (Å²) in [4.78, 5) is 31.9. The fourth-order valence-corrected chi connectivity index (χ4v) is 3.68. The van der Waals surface area contributed by atoms with Crippen LogP contribution in [0.2, 0.25) is 0 Å². The van der Waals surface area contributed by atoms with Gasteiger partial charge in [0.25, 0.3) is 0 Å². The first-order chi connectivity index (χ1) is 13.6. The third kappa shape index (κ3) is 4.18. The van der Waals surface area contributed by atoms with Crippen LogP contribution in [0.15, 0.2) is 30.6 Å². The maximum atomic E-state index is 13.1. The number of piperidine rings is 1. The second kappa shape index (κ2) is 8.91. The number of ether oxygens (including phenoxy) is 2. The van der Waals surface area contributed by atoms with Crippen LogP contribution in [0.25, 0.3) is 0 Å². The van der Waals surface area contributed by atoms with E-state index >= 15 is 0 Å². The normalized spacial score (nSPS) is 16.7. The lowest BCUT2D eigenvalue weighted by Gasteiger charge is -2.32. The minimum absolute atomic E-state index is 0.00822. The van der Waals surface area contributed by atoms with E-state index in [0.29, 0.717) is 30.2 Å². The Bertz CT molecular complexity index is 846. The van der Waals surface area contributed by atoms with Gasteiger partial charge in [0.2, 0.25) is 5.91 Å². The lowest BCUT2D eigenvalue weighted by Crippen LogP contribution is -2.43. The first-order valence-electron chi connectivity index (χ1n) is 9.61. The van der Waals surface area contributed by atoms with Gasteiger partial charge >= 0.3 is 0 Å². The highest BCUT2D eigenvalue weighted by atomic mass is 16.5. The number of amides is 1. The second-order valence-electron chi connectivity index (χ2n) is 6.93. The molecule has 2 aromatic rings. The fraction of sp³-hybridized carbons (Fsp3) is 0.476. The van der Waals surface area contributed by atoms with Crippen LogP contribution < -0.4 is 9.47 Å². The van der Waals surface area contributed by atoms with Crippen molar-refractivity contribution >= 4 is 11.7 Å². The van der Waals surface area contributed by atoms with Gasteiger partial charge in [-0.1, -0.05) is 6.92 Å². The number of nitrogens with zero attached hydrogens (tertiary/aromatic N) is 3. The summed E-state index contributed by atoms with van der Waals surface area (Å²) in [5.74, 6) is 1.83. The number of carbonyl (C=O) groups is 2. The smallest absolute Gasteiger partial charge is 0.242 e. The zero-order chi connectivity index (χ0) is 20.1. The summed E-state index contributed by atoms with van der Waals surface area (Å²) in [6.07, 6.45) is 5.89. The van der Waals surface area contributed by atoms with E-state index in [2.05, 4.69) is 4.98 Å². The van der Waals surface area contributed by atoms with E-state index in [-0.39, 0.29) is 24.2 Å². The van der Waals surface area contributed by atoms with E-state index in [1.54, 1.807) is 43.5 Å². The number of rotatable bonds is 7. The Balaban J connectivity index is 1.70. The lowest BCUT2D eigenvalue weighted by atomic mass is 9.89. The number of aromatic nitrogens is 2. The molecular formula is C21H27N3O4. The Morgan fingerprint density at radius 3 is 2.79 bits per heavy atom. The highest BCUT2D eigenvalue weighted by Crippen LogP contribution is 2.29. The molecule has 0 bridgehead atoms. The minimum atomic E-state index is -0.228. The predicted molar refractivity (Wildman–Crippen MR) is 105 cm³/mol. The van der Waals surface area contributed by atoms with Crippen LogP contribution in [-0.4, -0.2) is 53.5 Å². The average molecular weight is 385 g/mol. The molecule has 1 aliphatic rings. The maximum Gasteiger partial charge on any atom is 0.242 e. The Morgan fingerprint density at radius 1 is 1.25 bits per heavy atom.